The highest BCUT2D eigenvalue weighted by atomic mass is 32.1. The lowest BCUT2D eigenvalue weighted by Crippen LogP contribution is -2.51. The minimum atomic E-state index is 0.378. The lowest BCUT2D eigenvalue weighted by molar-refractivity contribution is 0.0188. The van der Waals surface area contributed by atoms with Crippen LogP contribution in [-0.4, -0.2) is 29.2 Å². The minimum absolute atomic E-state index is 0.378. The molecule has 2 aromatic carbocycles. The molecule has 160 valence electrons. The molecule has 4 rings (SSSR count). The largest absolute Gasteiger partial charge is 0.346 e. The van der Waals surface area contributed by atoms with E-state index in [0.717, 1.165) is 63.7 Å². The van der Waals surface area contributed by atoms with Gasteiger partial charge in [-0.05, 0) is 52.6 Å². The second-order valence-corrected chi connectivity index (χ2v) is 10.2. The number of aromatic amines is 1. The first-order chi connectivity index (χ1) is 14.8. The molecule has 1 aliphatic rings. The van der Waals surface area contributed by atoms with E-state index in [1.807, 2.05) is 19.1 Å². The summed E-state index contributed by atoms with van der Waals surface area (Å²) in [5.74, 6) is 0.763. The fourth-order valence-electron chi connectivity index (χ4n) is 4.26. The molecule has 3 aromatic rings. The standard InChI is InChI=1S/C27H31N3S/c1-18-7-5-10-23(24(18)14-28)19-8-6-9-20(13-19)25-12-11-21(26(31)29-25)15-30-16-22(17-30)27(2,3)4/h5-14,22,28H,15-17H2,1-4H3,(H,29,31). The van der Waals surface area contributed by atoms with Crippen molar-refractivity contribution in [3.8, 4) is 22.4 Å². The molecule has 1 fully saturated rings. The predicted octanol–water partition coefficient (Wildman–Crippen LogP) is 6.86. The van der Waals surface area contributed by atoms with E-state index in [9.17, 15) is 0 Å². The van der Waals surface area contributed by atoms with Gasteiger partial charge in [0.2, 0.25) is 0 Å². The Bertz CT molecular complexity index is 1160. The second-order valence-electron chi connectivity index (χ2n) is 9.74. The number of benzene rings is 2. The normalized spacial score (nSPS) is 15.0. The number of pyridine rings is 1. The summed E-state index contributed by atoms with van der Waals surface area (Å²) < 4.78 is 0.817. The van der Waals surface area contributed by atoms with Gasteiger partial charge in [0.05, 0.1) is 0 Å². The van der Waals surface area contributed by atoms with Crippen molar-refractivity contribution in [1.82, 2.24) is 9.88 Å². The first kappa shape index (κ1) is 21.7. The van der Waals surface area contributed by atoms with Crippen molar-refractivity contribution in [2.75, 3.05) is 13.1 Å². The van der Waals surface area contributed by atoms with E-state index in [2.05, 4.69) is 73.1 Å². The highest BCUT2D eigenvalue weighted by Crippen LogP contribution is 2.34. The number of nitrogens with one attached hydrogen (secondary N) is 2. The van der Waals surface area contributed by atoms with Crippen LogP contribution in [0.4, 0.5) is 0 Å². The molecule has 3 nitrogen and oxygen atoms in total. The van der Waals surface area contributed by atoms with Gasteiger partial charge in [0, 0.05) is 42.7 Å². The van der Waals surface area contributed by atoms with Gasteiger partial charge < -0.3 is 10.4 Å². The minimum Gasteiger partial charge on any atom is -0.346 e. The molecular weight excluding hydrogens is 398 g/mol. The van der Waals surface area contributed by atoms with E-state index in [-0.39, 0.29) is 0 Å². The zero-order valence-corrected chi connectivity index (χ0v) is 19.6. The molecule has 4 heteroatoms. The highest BCUT2D eigenvalue weighted by Gasteiger charge is 2.35. The Morgan fingerprint density at radius 2 is 1.77 bits per heavy atom. The predicted molar refractivity (Wildman–Crippen MR) is 133 cm³/mol. The Morgan fingerprint density at radius 3 is 2.45 bits per heavy atom. The smallest absolute Gasteiger partial charge is 0.108 e. The van der Waals surface area contributed by atoms with Crippen LogP contribution in [0.15, 0.2) is 54.6 Å². The molecule has 0 saturated carbocycles. The molecular formula is C27H31N3S. The number of aryl methyl sites for hydroxylation is 1. The lowest BCUT2D eigenvalue weighted by Gasteiger charge is -2.46. The van der Waals surface area contributed by atoms with E-state index in [4.69, 9.17) is 17.6 Å². The van der Waals surface area contributed by atoms with Gasteiger partial charge >= 0.3 is 0 Å². The van der Waals surface area contributed by atoms with Crippen molar-refractivity contribution in [1.29, 1.82) is 5.41 Å². The van der Waals surface area contributed by atoms with Crippen LogP contribution < -0.4 is 0 Å². The molecule has 0 amide bonds. The van der Waals surface area contributed by atoms with Gasteiger partial charge in [-0.2, -0.15) is 0 Å². The van der Waals surface area contributed by atoms with Crippen LogP contribution in [0.5, 0.6) is 0 Å². The van der Waals surface area contributed by atoms with Crippen LogP contribution in [0.3, 0.4) is 0 Å². The third kappa shape index (κ3) is 4.56. The summed E-state index contributed by atoms with van der Waals surface area (Å²) >= 11 is 5.70. The molecule has 2 heterocycles. The number of H-pyrrole nitrogens is 1. The monoisotopic (exact) mass is 429 g/mol. The molecule has 0 spiro atoms. The molecule has 0 atom stereocenters. The van der Waals surface area contributed by atoms with Crippen LogP contribution in [0.25, 0.3) is 22.4 Å². The molecule has 1 aliphatic heterocycles. The number of hydrogen-bond acceptors (Lipinski definition) is 3. The quantitative estimate of drug-likeness (QED) is 0.343. The van der Waals surface area contributed by atoms with E-state index in [1.165, 1.54) is 11.8 Å². The van der Waals surface area contributed by atoms with Crippen LogP contribution >= 0.6 is 12.2 Å². The first-order valence-corrected chi connectivity index (χ1v) is 11.3. The second kappa shape index (κ2) is 8.52. The Labute approximate surface area is 190 Å². The van der Waals surface area contributed by atoms with Gasteiger partial charge in [-0.3, -0.25) is 4.90 Å². The maximum absolute atomic E-state index is 7.82. The summed E-state index contributed by atoms with van der Waals surface area (Å²) in [5, 5.41) is 7.82. The average Bonchev–Trinajstić information content (AvgIpc) is 2.70. The SMILES string of the molecule is Cc1cccc(-c2cccc(-c3ccc(CN4CC(C(C)(C)C)C4)c(=S)[nH]3)c2)c1C=N. The average molecular weight is 430 g/mol. The van der Waals surface area contributed by atoms with Crippen molar-refractivity contribution in [3.63, 3.8) is 0 Å². The van der Waals surface area contributed by atoms with Gasteiger partial charge in [0.15, 0.2) is 0 Å². The van der Waals surface area contributed by atoms with Crippen LogP contribution in [0.2, 0.25) is 0 Å². The third-order valence-electron chi connectivity index (χ3n) is 6.52. The molecule has 0 bridgehead atoms. The number of aromatic nitrogens is 1. The van der Waals surface area contributed by atoms with E-state index >= 15 is 0 Å². The van der Waals surface area contributed by atoms with Crippen molar-refractivity contribution in [2.45, 2.75) is 34.2 Å². The summed E-state index contributed by atoms with van der Waals surface area (Å²) in [7, 11) is 0. The van der Waals surface area contributed by atoms with Crippen LogP contribution in [0.1, 0.15) is 37.5 Å². The van der Waals surface area contributed by atoms with Gasteiger partial charge in [0.25, 0.3) is 0 Å². The Kier molecular flexibility index (Phi) is 5.96. The van der Waals surface area contributed by atoms with E-state index in [1.54, 1.807) is 0 Å². The summed E-state index contributed by atoms with van der Waals surface area (Å²) in [4.78, 5) is 5.93. The summed E-state index contributed by atoms with van der Waals surface area (Å²) in [6.45, 7) is 12.2. The molecule has 2 N–H and O–H groups in total. The Hall–Kier alpha value is -2.56. The summed E-state index contributed by atoms with van der Waals surface area (Å²) in [5.41, 5.74) is 7.96. The van der Waals surface area contributed by atoms with Crippen LogP contribution in [-0.2, 0) is 6.54 Å². The fourth-order valence-corrected chi connectivity index (χ4v) is 4.51. The molecule has 0 unspecified atom stereocenters. The molecule has 0 radical (unpaired) electrons. The van der Waals surface area contributed by atoms with Crippen molar-refractivity contribution in [2.24, 2.45) is 11.3 Å². The summed E-state index contributed by atoms with van der Waals surface area (Å²) in [6, 6.07) is 18.9. The number of hydrogen-bond donors (Lipinski definition) is 2. The molecule has 1 aromatic heterocycles. The van der Waals surface area contributed by atoms with Crippen molar-refractivity contribution >= 4 is 18.4 Å². The topological polar surface area (TPSA) is 42.9 Å². The molecule has 31 heavy (non-hydrogen) atoms. The zero-order valence-electron chi connectivity index (χ0n) is 18.8. The highest BCUT2D eigenvalue weighted by molar-refractivity contribution is 7.71. The molecule has 0 aliphatic carbocycles. The maximum atomic E-state index is 7.82. The van der Waals surface area contributed by atoms with Gasteiger partial charge in [-0.1, -0.05) is 75.5 Å². The molecule has 1 saturated heterocycles. The number of nitrogens with zero attached hydrogens (tertiary/aromatic N) is 1. The van der Waals surface area contributed by atoms with Crippen molar-refractivity contribution < 1.29 is 0 Å². The fraction of sp³-hybridized carbons (Fsp3) is 0.333. The lowest BCUT2D eigenvalue weighted by atomic mass is 9.76. The number of likely N-dealkylation sites (tertiary alicyclic amines) is 1. The van der Waals surface area contributed by atoms with E-state index in [0.29, 0.717) is 5.41 Å². The Balaban J connectivity index is 1.56. The van der Waals surface area contributed by atoms with Crippen LogP contribution in [0, 0.1) is 28.3 Å². The number of rotatable bonds is 5. The van der Waals surface area contributed by atoms with Gasteiger partial charge in [-0.25, -0.2) is 0 Å². The van der Waals surface area contributed by atoms with E-state index < -0.39 is 0 Å². The van der Waals surface area contributed by atoms with Gasteiger partial charge in [-0.15, -0.1) is 0 Å². The first-order valence-electron chi connectivity index (χ1n) is 10.9. The van der Waals surface area contributed by atoms with Gasteiger partial charge in [0.1, 0.15) is 4.64 Å². The maximum Gasteiger partial charge on any atom is 0.108 e. The zero-order chi connectivity index (χ0) is 22.2. The Morgan fingerprint density at radius 1 is 1.06 bits per heavy atom. The van der Waals surface area contributed by atoms with Crippen molar-refractivity contribution in [3.05, 3.63) is 75.9 Å². The third-order valence-corrected chi connectivity index (χ3v) is 6.88. The summed E-state index contributed by atoms with van der Waals surface area (Å²) in [6.07, 6.45) is 1.44.